The summed E-state index contributed by atoms with van der Waals surface area (Å²) < 4.78 is 44.9. The number of carboxylic acid groups (broad SMARTS) is 1. The molecule has 25 heavy (non-hydrogen) atoms. The van der Waals surface area contributed by atoms with E-state index in [1.807, 2.05) is 0 Å². The third-order valence-electron chi connectivity index (χ3n) is 3.12. The van der Waals surface area contributed by atoms with Gasteiger partial charge >= 0.3 is 6.18 Å². The molecule has 0 amide bonds. The van der Waals surface area contributed by atoms with Crippen molar-refractivity contribution in [2.45, 2.75) is 11.2 Å². The topological polar surface area (TPSA) is 86.0 Å². The zero-order chi connectivity index (χ0) is 18.6. The summed E-state index contributed by atoms with van der Waals surface area (Å²) in [5.74, 6) is -1.58. The van der Waals surface area contributed by atoms with Crippen LogP contribution in [-0.4, -0.2) is 23.8 Å². The summed E-state index contributed by atoms with van der Waals surface area (Å²) in [6, 6.07) is 8.36. The molecule has 1 aromatic heterocycles. The number of halogens is 3. The number of hydrogen-bond acceptors (Lipinski definition) is 6. The number of ether oxygens (including phenoxy) is 1. The largest absolute Gasteiger partial charge is 0.549 e. The van der Waals surface area contributed by atoms with E-state index in [0.717, 1.165) is 6.07 Å². The quantitative estimate of drug-likeness (QED) is 0.755. The van der Waals surface area contributed by atoms with Crippen molar-refractivity contribution in [3.8, 4) is 23.1 Å². The fourth-order valence-corrected chi connectivity index (χ4v) is 2.71. The molecule has 1 heterocycles. The normalized spacial score (nSPS) is 11.0. The third kappa shape index (κ3) is 4.42. The first-order valence-corrected chi connectivity index (χ1v) is 7.74. The molecule has 0 spiro atoms. The maximum absolute atomic E-state index is 13.3. The average molecular weight is 367 g/mol. The van der Waals surface area contributed by atoms with Crippen LogP contribution in [0.5, 0.6) is 5.75 Å². The lowest BCUT2D eigenvalue weighted by atomic mass is 10.1. The summed E-state index contributed by atoms with van der Waals surface area (Å²) in [5, 5.41) is 19.4. The van der Waals surface area contributed by atoms with Crippen molar-refractivity contribution in [2.75, 3.05) is 12.9 Å². The van der Waals surface area contributed by atoms with Gasteiger partial charge in [0.15, 0.2) is 0 Å². The van der Waals surface area contributed by atoms with Crippen molar-refractivity contribution in [3.05, 3.63) is 41.5 Å². The van der Waals surface area contributed by atoms with Crippen molar-refractivity contribution < 1.29 is 27.8 Å². The van der Waals surface area contributed by atoms with Crippen LogP contribution in [0.4, 0.5) is 13.2 Å². The third-order valence-corrected chi connectivity index (χ3v) is 4.06. The molecule has 1 aromatic carbocycles. The van der Waals surface area contributed by atoms with Crippen molar-refractivity contribution >= 4 is 17.7 Å². The first-order valence-electron chi connectivity index (χ1n) is 6.75. The van der Waals surface area contributed by atoms with Gasteiger partial charge in [0.2, 0.25) is 0 Å². The molecule has 0 unspecified atom stereocenters. The van der Waals surface area contributed by atoms with E-state index >= 15 is 0 Å². The summed E-state index contributed by atoms with van der Waals surface area (Å²) in [5.41, 5.74) is -1.55. The number of rotatable bonds is 5. The SMILES string of the molecule is COc1ccc(-c2cc(C(F)(F)F)c(C#N)c(SCC(=O)[O-])n2)cc1. The number of aromatic nitrogens is 1. The highest BCUT2D eigenvalue weighted by atomic mass is 32.2. The molecule has 9 heteroatoms. The zero-order valence-corrected chi connectivity index (χ0v) is 13.6. The van der Waals surface area contributed by atoms with Crippen molar-refractivity contribution in [2.24, 2.45) is 0 Å². The maximum atomic E-state index is 13.3. The average Bonchev–Trinajstić information content (AvgIpc) is 2.58. The van der Waals surface area contributed by atoms with Crippen LogP contribution in [0.25, 0.3) is 11.3 Å². The lowest BCUT2D eigenvalue weighted by Gasteiger charge is -2.14. The van der Waals surface area contributed by atoms with Gasteiger partial charge in [-0.25, -0.2) is 4.98 Å². The van der Waals surface area contributed by atoms with Gasteiger partial charge in [-0.3, -0.25) is 0 Å². The summed E-state index contributed by atoms with van der Waals surface area (Å²) in [6.07, 6.45) is -4.79. The molecule has 0 radical (unpaired) electrons. The maximum Gasteiger partial charge on any atom is 0.417 e. The van der Waals surface area contributed by atoms with Crippen LogP contribution in [0, 0.1) is 11.3 Å². The molecule has 0 saturated carbocycles. The molecule has 130 valence electrons. The Labute approximate surface area is 145 Å². The van der Waals surface area contributed by atoms with Crippen molar-refractivity contribution in [3.63, 3.8) is 0 Å². The molecule has 2 aromatic rings. The van der Waals surface area contributed by atoms with E-state index in [9.17, 15) is 23.1 Å². The molecule has 0 aliphatic rings. The number of carbonyl (C=O) groups is 1. The summed E-state index contributed by atoms with van der Waals surface area (Å²) in [7, 11) is 1.45. The van der Waals surface area contributed by atoms with E-state index in [2.05, 4.69) is 4.98 Å². The Bertz CT molecular complexity index is 830. The zero-order valence-electron chi connectivity index (χ0n) is 12.8. The van der Waals surface area contributed by atoms with Crippen LogP contribution >= 0.6 is 11.8 Å². The molecule has 5 nitrogen and oxygen atoms in total. The van der Waals surface area contributed by atoms with Gasteiger partial charge < -0.3 is 14.6 Å². The van der Waals surface area contributed by atoms with Crippen molar-refractivity contribution in [1.82, 2.24) is 4.98 Å². The van der Waals surface area contributed by atoms with Gasteiger partial charge in [0.25, 0.3) is 0 Å². The Kier molecular flexibility index (Phi) is 5.54. The van der Waals surface area contributed by atoms with Crippen LogP contribution in [0.1, 0.15) is 11.1 Å². The number of nitriles is 1. The molecule has 0 bridgehead atoms. The minimum atomic E-state index is -4.79. The number of benzene rings is 1. The molecule has 0 aliphatic heterocycles. The van der Waals surface area contributed by atoms with Gasteiger partial charge in [-0.05, 0) is 30.3 Å². The number of alkyl halides is 3. The summed E-state index contributed by atoms with van der Waals surface area (Å²) in [4.78, 5) is 14.6. The minimum absolute atomic E-state index is 0.0326. The van der Waals surface area contributed by atoms with Gasteiger partial charge in [-0.15, -0.1) is 0 Å². The van der Waals surface area contributed by atoms with E-state index < -0.39 is 29.0 Å². The Morgan fingerprint density at radius 1 is 1.36 bits per heavy atom. The number of carboxylic acids is 1. The minimum Gasteiger partial charge on any atom is -0.549 e. The highest BCUT2D eigenvalue weighted by molar-refractivity contribution is 7.99. The van der Waals surface area contributed by atoms with E-state index in [4.69, 9.17) is 10.00 Å². The summed E-state index contributed by atoms with van der Waals surface area (Å²) in [6.45, 7) is 0. The second kappa shape index (κ2) is 7.44. The number of aliphatic carboxylic acids is 1. The number of methoxy groups -OCH3 is 1. The van der Waals surface area contributed by atoms with E-state index in [1.165, 1.54) is 25.3 Å². The van der Waals surface area contributed by atoms with Crippen LogP contribution in [0.15, 0.2) is 35.4 Å². The molecule has 2 rings (SSSR count). The highest BCUT2D eigenvalue weighted by Gasteiger charge is 2.36. The number of carbonyl (C=O) groups excluding carboxylic acids is 1. The lowest BCUT2D eigenvalue weighted by Crippen LogP contribution is -2.24. The molecule has 0 aliphatic carbocycles. The van der Waals surface area contributed by atoms with Crippen LogP contribution in [0.2, 0.25) is 0 Å². The first-order chi connectivity index (χ1) is 11.8. The number of hydrogen-bond donors (Lipinski definition) is 0. The fourth-order valence-electron chi connectivity index (χ4n) is 1.99. The van der Waals surface area contributed by atoms with Gasteiger partial charge in [-0.2, -0.15) is 18.4 Å². The van der Waals surface area contributed by atoms with Gasteiger partial charge in [0.05, 0.1) is 29.9 Å². The van der Waals surface area contributed by atoms with Gasteiger partial charge in [0.1, 0.15) is 16.8 Å². The van der Waals surface area contributed by atoms with E-state index in [-0.39, 0.29) is 10.7 Å². The second-order valence-corrected chi connectivity index (χ2v) is 5.70. The van der Waals surface area contributed by atoms with Crippen molar-refractivity contribution in [1.29, 1.82) is 5.26 Å². The first kappa shape index (κ1) is 18.6. The smallest absolute Gasteiger partial charge is 0.417 e. The van der Waals surface area contributed by atoms with Gasteiger partial charge in [-0.1, -0.05) is 11.8 Å². The molecule has 0 fully saturated rings. The number of pyridine rings is 1. The molecular formula is C16H10F3N2O3S-. The highest BCUT2D eigenvalue weighted by Crippen LogP contribution is 2.38. The Morgan fingerprint density at radius 3 is 2.48 bits per heavy atom. The fraction of sp³-hybridized carbons (Fsp3) is 0.188. The molecule has 0 atom stereocenters. The standard InChI is InChI=1S/C16H11F3N2O3S/c1-24-10-4-2-9(3-5-10)13-6-12(16(17,18)19)11(7-20)15(21-13)25-8-14(22)23/h2-6H,8H2,1H3,(H,22,23)/p-1. The van der Waals surface area contributed by atoms with Crippen LogP contribution < -0.4 is 9.84 Å². The second-order valence-electron chi connectivity index (χ2n) is 4.73. The number of thioether (sulfide) groups is 1. The molecule has 0 saturated heterocycles. The van der Waals surface area contributed by atoms with Crippen LogP contribution in [0.3, 0.4) is 0 Å². The molecular weight excluding hydrogens is 357 g/mol. The monoisotopic (exact) mass is 367 g/mol. The predicted octanol–water partition coefficient (Wildman–Crippen LogP) is 2.49. The van der Waals surface area contributed by atoms with Crippen LogP contribution in [-0.2, 0) is 11.0 Å². The predicted molar refractivity (Wildman–Crippen MR) is 81.7 cm³/mol. The Balaban J connectivity index is 2.61. The Morgan fingerprint density at radius 2 is 2.00 bits per heavy atom. The van der Waals surface area contributed by atoms with Gasteiger partial charge in [0, 0.05) is 11.3 Å². The van der Waals surface area contributed by atoms with E-state index in [1.54, 1.807) is 12.1 Å². The lowest BCUT2D eigenvalue weighted by molar-refractivity contribution is -0.301. The summed E-state index contributed by atoms with van der Waals surface area (Å²) >= 11 is 0.506. The van der Waals surface area contributed by atoms with E-state index in [0.29, 0.717) is 23.1 Å². The Hall–Kier alpha value is -2.73. The molecule has 0 N–H and O–H groups in total. The number of nitrogens with zero attached hydrogens (tertiary/aromatic N) is 2.